The Balaban J connectivity index is 1.64. The Morgan fingerprint density at radius 2 is 1.89 bits per heavy atom. The molecule has 0 saturated carbocycles. The van der Waals surface area contributed by atoms with Crippen LogP contribution < -0.4 is 10.2 Å². The number of para-hydroxylation sites is 1. The standard InChI is InChI=1S/C23H31N3O2/c1-3-25(21-10-5-4-6-11-21)18-23(27)24-17-22(26-12-14-28-15-13-26)20-9-7-8-19(2)16-20/h4-11,16,22H,3,12-15,17-18H2,1-2H3,(H,24,27). The molecular formula is C23H31N3O2. The summed E-state index contributed by atoms with van der Waals surface area (Å²) in [7, 11) is 0. The Morgan fingerprint density at radius 1 is 1.14 bits per heavy atom. The summed E-state index contributed by atoms with van der Waals surface area (Å²) in [6.07, 6.45) is 0. The zero-order valence-corrected chi connectivity index (χ0v) is 16.9. The van der Waals surface area contributed by atoms with Gasteiger partial charge in [-0.05, 0) is 31.5 Å². The van der Waals surface area contributed by atoms with E-state index in [0.717, 1.165) is 38.5 Å². The highest BCUT2D eigenvalue weighted by molar-refractivity contribution is 5.81. The lowest BCUT2D eigenvalue weighted by atomic mass is 10.0. The molecule has 0 bridgehead atoms. The summed E-state index contributed by atoms with van der Waals surface area (Å²) in [6, 6.07) is 18.8. The van der Waals surface area contributed by atoms with Crippen LogP contribution in [0.2, 0.25) is 0 Å². The van der Waals surface area contributed by atoms with Crippen molar-refractivity contribution in [3.63, 3.8) is 0 Å². The van der Waals surface area contributed by atoms with E-state index in [1.165, 1.54) is 11.1 Å². The number of anilines is 1. The Bertz CT molecular complexity index is 745. The van der Waals surface area contributed by atoms with E-state index in [1.807, 2.05) is 30.3 Å². The number of likely N-dealkylation sites (N-methyl/N-ethyl adjacent to an activating group) is 1. The molecule has 1 amide bonds. The maximum Gasteiger partial charge on any atom is 0.239 e. The minimum absolute atomic E-state index is 0.0524. The molecular weight excluding hydrogens is 350 g/mol. The highest BCUT2D eigenvalue weighted by Crippen LogP contribution is 2.22. The average Bonchev–Trinajstić information content (AvgIpc) is 2.73. The first kappa shape index (κ1) is 20.4. The van der Waals surface area contributed by atoms with E-state index in [2.05, 4.69) is 53.2 Å². The van der Waals surface area contributed by atoms with Gasteiger partial charge in [0.15, 0.2) is 0 Å². The van der Waals surface area contributed by atoms with Crippen LogP contribution in [0.4, 0.5) is 5.69 Å². The number of hydrogen-bond donors (Lipinski definition) is 1. The van der Waals surface area contributed by atoms with Crippen molar-refractivity contribution < 1.29 is 9.53 Å². The highest BCUT2D eigenvalue weighted by atomic mass is 16.5. The Morgan fingerprint density at radius 3 is 2.57 bits per heavy atom. The molecule has 1 aliphatic heterocycles. The summed E-state index contributed by atoms with van der Waals surface area (Å²) in [6.45, 7) is 9.21. The molecule has 1 heterocycles. The predicted octanol–water partition coefficient (Wildman–Crippen LogP) is 3.01. The molecule has 0 aromatic heterocycles. The van der Waals surface area contributed by atoms with Crippen LogP contribution in [0.15, 0.2) is 54.6 Å². The fourth-order valence-corrected chi connectivity index (χ4v) is 3.69. The van der Waals surface area contributed by atoms with E-state index in [0.29, 0.717) is 13.1 Å². The van der Waals surface area contributed by atoms with Gasteiger partial charge in [-0.15, -0.1) is 0 Å². The molecule has 0 aliphatic carbocycles. The second-order valence-electron chi connectivity index (χ2n) is 7.23. The summed E-state index contributed by atoms with van der Waals surface area (Å²) in [4.78, 5) is 17.2. The molecule has 0 spiro atoms. The lowest BCUT2D eigenvalue weighted by Gasteiger charge is -2.35. The van der Waals surface area contributed by atoms with Crippen molar-refractivity contribution in [2.45, 2.75) is 19.9 Å². The zero-order valence-electron chi connectivity index (χ0n) is 16.9. The topological polar surface area (TPSA) is 44.8 Å². The van der Waals surface area contributed by atoms with Gasteiger partial charge in [0.05, 0.1) is 25.8 Å². The largest absolute Gasteiger partial charge is 0.379 e. The Hall–Kier alpha value is -2.37. The number of hydrogen-bond acceptors (Lipinski definition) is 4. The summed E-state index contributed by atoms with van der Waals surface area (Å²) < 4.78 is 5.52. The van der Waals surface area contributed by atoms with Crippen LogP contribution in [-0.4, -0.2) is 56.7 Å². The monoisotopic (exact) mass is 381 g/mol. The average molecular weight is 382 g/mol. The van der Waals surface area contributed by atoms with Crippen LogP contribution in [-0.2, 0) is 9.53 Å². The van der Waals surface area contributed by atoms with Crippen molar-refractivity contribution in [2.24, 2.45) is 0 Å². The number of benzene rings is 2. The van der Waals surface area contributed by atoms with Gasteiger partial charge in [-0.1, -0.05) is 48.0 Å². The molecule has 28 heavy (non-hydrogen) atoms. The molecule has 1 fully saturated rings. The number of carbonyl (C=O) groups excluding carboxylic acids is 1. The minimum atomic E-state index is 0.0524. The summed E-state index contributed by atoms with van der Waals surface area (Å²) in [5.74, 6) is 0.0524. The van der Waals surface area contributed by atoms with E-state index >= 15 is 0 Å². The first-order chi connectivity index (χ1) is 13.7. The highest BCUT2D eigenvalue weighted by Gasteiger charge is 2.23. The van der Waals surface area contributed by atoms with Crippen molar-refractivity contribution >= 4 is 11.6 Å². The Labute approximate surface area is 168 Å². The van der Waals surface area contributed by atoms with Crippen molar-refractivity contribution in [1.29, 1.82) is 0 Å². The number of carbonyl (C=O) groups is 1. The SMILES string of the molecule is CCN(CC(=O)NCC(c1cccc(C)c1)N1CCOCC1)c1ccccc1. The minimum Gasteiger partial charge on any atom is -0.379 e. The van der Waals surface area contributed by atoms with Crippen LogP contribution in [0.25, 0.3) is 0 Å². The maximum atomic E-state index is 12.7. The fraction of sp³-hybridized carbons (Fsp3) is 0.435. The van der Waals surface area contributed by atoms with E-state index in [1.54, 1.807) is 0 Å². The third-order valence-electron chi connectivity index (χ3n) is 5.24. The molecule has 2 aromatic carbocycles. The maximum absolute atomic E-state index is 12.7. The van der Waals surface area contributed by atoms with Crippen LogP contribution in [0, 0.1) is 6.92 Å². The Kier molecular flexibility index (Phi) is 7.46. The first-order valence-corrected chi connectivity index (χ1v) is 10.1. The van der Waals surface area contributed by atoms with Crippen LogP contribution in [0.1, 0.15) is 24.1 Å². The summed E-state index contributed by atoms with van der Waals surface area (Å²) in [5, 5.41) is 3.17. The summed E-state index contributed by atoms with van der Waals surface area (Å²) in [5.41, 5.74) is 3.56. The molecule has 1 atom stereocenters. The van der Waals surface area contributed by atoms with E-state index in [-0.39, 0.29) is 11.9 Å². The lowest BCUT2D eigenvalue weighted by molar-refractivity contribution is -0.120. The van der Waals surface area contributed by atoms with Gasteiger partial charge in [-0.3, -0.25) is 9.69 Å². The lowest BCUT2D eigenvalue weighted by Crippen LogP contribution is -2.45. The van der Waals surface area contributed by atoms with Crippen LogP contribution >= 0.6 is 0 Å². The molecule has 1 aliphatic rings. The number of ether oxygens (including phenoxy) is 1. The third kappa shape index (κ3) is 5.57. The molecule has 1 N–H and O–H groups in total. The van der Waals surface area contributed by atoms with Gasteiger partial charge in [0.25, 0.3) is 0 Å². The van der Waals surface area contributed by atoms with Gasteiger partial charge in [0.2, 0.25) is 5.91 Å². The van der Waals surface area contributed by atoms with Gasteiger partial charge in [0.1, 0.15) is 0 Å². The first-order valence-electron chi connectivity index (χ1n) is 10.1. The third-order valence-corrected chi connectivity index (χ3v) is 5.24. The number of amides is 1. The van der Waals surface area contributed by atoms with Crippen molar-refractivity contribution in [3.8, 4) is 0 Å². The molecule has 1 unspecified atom stereocenters. The van der Waals surface area contributed by atoms with Gasteiger partial charge in [0, 0.05) is 31.9 Å². The molecule has 5 heteroatoms. The van der Waals surface area contributed by atoms with E-state index in [9.17, 15) is 4.79 Å². The molecule has 3 rings (SSSR count). The molecule has 1 saturated heterocycles. The molecule has 150 valence electrons. The predicted molar refractivity (Wildman–Crippen MR) is 114 cm³/mol. The van der Waals surface area contributed by atoms with Gasteiger partial charge in [-0.2, -0.15) is 0 Å². The van der Waals surface area contributed by atoms with Gasteiger partial charge < -0.3 is 15.0 Å². The smallest absolute Gasteiger partial charge is 0.239 e. The molecule has 0 radical (unpaired) electrons. The van der Waals surface area contributed by atoms with Gasteiger partial charge >= 0.3 is 0 Å². The van der Waals surface area contributed by atoms with E-state index < -0.39 is 0 Å². The van der Waals surface area contributed by atoms with Crippen molar-refractivity contribution in [1.82, 2.24) is 10.2 Å². The molecule has 5 nitrogen and oxygen atoms in total. The fourth-order valence-electron chi connectivity index (χ4n) is 3.69. The second kappa shape index (κ2) is 10.2. The number of nitrogens with zero attached hydrogens (tertiary/aromatic N) is 2. The van der Waals surface area contributed by atoms with Crippen molar-refractivity contribution in [3.05, 3.63) is 65.7 Å². The summed E-state index contributed by atoms with van der Waals surface area (Å²) >= 11 is 0. The second-order valence-corrected chi connectivity index (χ2v) is 7.23. The normalized spacial score (nSPS) is 15.8. The number of nitrogens with one attached hydrogen (secondary N) is 1. The molecule has 2 aromatic rings. The van der Waals surface area contributed by atoms with Crippen molar-refractivity contribution in [2.75, 3.05) is 50.8 Å². The number of rotatable bonds is 8. The zero-order chi connectivity index (χ0) is 19.8. The quantitative estimate of drug-likeness (QED) is 0.764. The van der Waals surface area contributed by atoms with E-state index in [4.69, 9.17) is 4.74 Å². The number of aryl methyl sites for hydroxylation is 1. The number of morpholine rings is 1. The van der Waals surface area contributed by atoms with Gasteiger partial charge in [-0.25, -0.2) is 0 Å². The van der Waals surface area contributed by atoms with Crippen LogP contribution in [0.5, 0.6) is 0 Å². The van der Waals surface area contributed by atoms with Crippen LogP contribution in [0.3, 0.4) is 0 Å².